The third kappa shape index (κ3) is 3.97. The molecule has 1 aromatic heterocycles. The number of phenols is 3. The van der Waals surface area contributed by atoms with Crippen LogP contribution < -0.4 is 10.2 Å². The Kier molecular flexibility index (Phi) is 5.69. The number of benzene rings is 2. The van der Waals surface area contributed by atoms with E-state index in [2.05, 4.69) is 0 Å². The summed E-state index contributed by atoms with van der Waals surface area (Å²) < 4.78 is 15.3. The highest BCUT2D eigenvalue weighted by atomic mass is 16.7. The van der Waals surface area contributed by atoms with Gasteiger partial charge >= 0.3 is 5.97 Å². The summed E-state index contributed by atoms with van der Waals surface area (Å²) in [5, 5.41) is 68.3. The first-order valence-corrected chi connectivity index (χ1v) is 9.50. The highest BCUT2D eigenvalue weighted by molar-refractivity contribution is 5.91. The molecule has 0 bridgehead atoms. The molecule has 0 aliphatic carbocycles. The average molecular weight is 462 g/mol. The molecule has 2 aromatic carbocycles. The van der Waals surface area contributed by atoms with Gasteiger partial charge in [0.25, 0.3) is 0 Å². The van der Waals surface area contributed by atoms with E-state index >= 15 is 0 Å². The lowest BCUT2D eigenvalue weighted by Crippen LogP contribution is -2.60. The smallest absolute Gasteiger partial charge is 0.343 e. The zero-order valence-corrected chi connectivity index (χ0v) is 16.5. The minimum Gasteiger partial charge on any atom is -0.508 e. The van der Waals surface area contributed by atoms with Gasteiger partial charge in [0.1, 0.15) is 40.8 Å². The second kappa shape index (κ2) is 8.35. The van der Waals surface area contributed by atoms with Crippen molar-refractivity contribution >= 4 is 16.9 Å². The van der Waals surface area contributed by atoms with Gasteiger partial charge in [-0.25, -0.2) is 4.79 Å². The molecule has 12 heteroatoms. The number of aliphatic hydroxyl groups excluding tert-OH is 4. The maximum Gasteiger partial charge on any atom is 0.343 e. The van der Waals surface area contributed by atoms with E-state index in [1.807, 2.05) is 0 Å². The van der Waals surface area contributed by atoms with Gasteiger partial charge in [-0.05, 0) is 24.3 Å². The molecule has 2 heterocycles. The van der Waals surface area contributed by atoms with Crippen LogP contribution in [0.5, 0.6) is 23.0 Å². The number of carbonyl (C=O) groups excluding carboxylic acids is 1. The van der Waals surface area contributed by atoms with Crippen molar-refractivity contribution in [3.05, 3.63) is 46.6 Å². The lowest BCUT2D eigenvalue weighted by Gasteiger charge is -2.36. The monoisotopic (exact) mass is 462 g/mol. The van der Waals surface area contributed by atoms with Gasteiger partial charge in [-0.3, -0.25) is 4.79 Å². The molecular formula is C21H18O12. The van der Waals surface area contributed by atoms with Crippen molar-refractivity contribution in [2.75, 3.05) is 0 Å². The quantitative estimate of drug-likeness (QED) is 0.146. The largest absolute Gasteiger partial charge is 0.508 e. The number of hydrogen-bond donors (Lipinski definition) is 7. The number of carbonyl (C=O) groups is 1. The highest BCUT2D eigenvalue weighted by Crippen LogP contribution is 2.42. The lowest BCUT2D eigenvalue weighted by molar-refractivity contribution is -0.279. The van der Waals surface area contributed by atoms with Crippen molar-refractivity contribution in [2.45, 2.75) is 30.7 Å². The summed E-state index contributed by atoms with van der Waals surface area (Å²) in [5.74, 6) is -3.98. The third-order valence-corrected chi connectivity index (χ3v) is 5.11. The average Bonchev–Trinajstić information content (AvgIpc) is 2.78. The predicted molar refractivity (Wildman–Crippen MR) is 107 cm³/mol. The van der Waals surface area contributed by atoms with Crippen LogP contribution >= 0.6 is 0 Å². The van der Waals surface area contributed by atoms with Crippen LogP contribution in [0.4, 0.5) is 0 Å². The fourth-order valence-corrected chi connectivity index (χ4v) is 3.34. The molecular weight excluding hydrogens is 444 g/mol. The summed E-state index contributed by atoms with van der Waals surface area (Å²) in [6.07, 6.45) is -9.76. The Morgan fingerprint density at radius 3 is 2.21 bits per heavy atom. The van der Waals surface area contributed by atoms with Crippen LogP contribution in [0.1, 0.15) is 0 Å². The summed E-state index contributed by atoms with van der Waals surface area (Å²) in [6.45, 7) is 0. The summed E-state index contributed by atoms with van der Waals surface area (Å²) in [4.78, 5) is 25.0. The molecule has 5 atom stereocenters. The van der Waals surface area contributed by atoms with Gasteiger partial charge in [-0.15, -0.1) is 0 Å². The van der Waals surface area contributed by atoms with Gasteiger partial charge in [0.2, 0.25) is 5.75 Å². The molecule has 12 nitrogen and oxygen atoms in total. The molecule has 1 aliphatic rings. The van der Waals surface area contributed by atoms with Gasteiger partial charge in [0.15, 0.2) is 29.3 Å². The van der Waals surface area contributed by atoms with Crippen LogP contribution in [0.2, 0.25) is 0 Å². The van der Waals surface area contributed by atoms with Crippen LogP contribution in [-0.2, 0) is 9.53 Å². The number of esters is 1. The predicted octanol–water partition coefficient (Wildman–Crippen LogP) is -0.718. The molecule has 3 aromatic rings. The van der Waals surface area contributed by atoms with Gasteiger partial charge < -0.3 is 49.6 Å². The first-order chi connectivity index (χ1) is 15.6. The molecule has 1 saturated heterocycles. The Bertz CT molecular complexity index is 1260. The van der Waals surface area contributed by atoms with E-state index in [1.54, 1.807) is 0 Å². The number of phenolic OH excluding ortho intramolecular Hbond substituents is 3. The van der Waals surface area contributed by atoms with Gasteiger partial charge in [0, 0.05) is 17.7 Å². The molecule has 0 amide bonds. The first-order valence-electron chi connectivity index (χ1n) is 9.50. The van der Waals surface area contributed by atoms with E-state index in [0.717, 1.165) is 12.1 Å². The number of rotatable bonds is 3. The fraction of sp³-hybridized carbons (Fsp3) is 0.238. The van der Waals surface area contributed by atoms with Crippen molar-refractivity contribution in [3.8, 4) is 34.3 Å². The van der Waals surface area contributed by atoms with Gasteiger partial charge in [0.05, 0.1) is 0 Å². The van der Waals surface area contributed by atoms with Crippen molar-refractivity contribution in [3.63, 3.8) is 0 Å². The van der Waals surface area contributed by atoms with E-state index in [-0.39, 0.29) is 17.1 Å². The Labute approximate surface area is 183 Å². The standard InChI is InChI=1S/C21H18O12/c22-8-3-1-7(2-4-8)10-5-9(23)13-11(31-10)6-12(14(24)15(13)25)32-21(30)19-17(27)16(26)18(28)20(29)33-19/h1-6,16-20,22,24-29H/t16-,17-,18?,19-,20?/m0/s1. The zero-order chi connectivity index (χ0) is 24.0. The summed E-state index contributed by atoms with van der Waals surface area (Å²) in [6, 6.07) is 7.64. The normalized spacial score (nSPS) is 25.2. The maximum absolute atomic E-state index is 12.5. The molecule has 0 saturated carbocycles. The van der Waals surface area contributed by atoms with Gasteiger partial charge in [-0.2, -0.15) is 0 Å². The number of aromatic hydroxyl groups is 3. The number of fused-ring (bicyclic) bond motifs is 1. The van der Waals surface area contributed by atoms with Crippen molar-refractivity contribution in [2.24, 2.45) is 0 Å². The van der Waals surface area contributed by atoms with Crippen LogP contribution in [0.15, 0.2) is 45.6 Å². The van der Waals surface area contributed by atoms with Crippen molar-refractivity contribution in [1.29, 1.82) is 0 Å². The van der Waals surface area contributed by atoms with E-state index in [1.165, 1.54) is 24.3 Å². The molecule has 33 heavy (non-hydrogen) atoms. The molecule has 174 valence electrons. The maximum atomic E-state index is 12.5. The molecule has 4 rings (SSSR count). The minimum absolute atomic E-state index is 0.0199. The molecule has 0 spiro atoms. The Balaban J connectivity index is 1.72. The van der Waals surface area contributed by atoms with E-state index in [0.29, 0.717) is 5.56 Å². The van der Waals surface area contributed by atoms with E-state index in [9.17, 15) is 45.3 Å². The summed E-state index contributed by atoms with van der Waals surface area (Å²) in [5.41, 5.74) is -0.598. The molecule has 2 unspecified atom stereocenters. The highest BCUT2D eigenvalue weighted by Gasteiger charge is 2.47. The molecule has 1 fully saturated rings. The van der Waals surface area contributed by atoms with Crippen molar-refractivity contribution in [1.82, 2.24) is 0 Å². The zero-order valence-electron chi connectivity index (χ0n) is 16.5. The van der Waals surface area contributed by atoms with Crippen LogP contribution in [0.25, 0.3) is 22.3 Å². The topological polar surface area (TPSA) is 207 Å². The van der Waals surface area contributed by atoms with Gasteiger partial charge in [-0.1, -0.05) is 0 Å². The Morgan fingerprint density at radius 1 is 0.879 bits per heavy atom. The SMILES string of the molecule is O=C(Oc1cc2oc(-c3ccc(O)cc3)cc(=O)c2c(O)c1O)[C@H]1OC(O)C(O)[C@@H](O)[C@@H]1O. The second-order valence-corrected chi connectivity index (χ2v) is 7.31. The van der Waals surface area contributed by atoms with Crippen LogP contribution in [-0.4, -0.2) is 72.4 Å². The van der Waals surface area contributed by atoms with Crippen LogP contribution in [0, 0.1) is 0 Å². The van der Waals surface area contributed by atoms with Crippen LogP contribution in [0.3, 0.4) is 0 Å². The lowest BCUT2D eigenvalue weighted by atomic mass is 9.99. The molecule has 1 aliphatic heterocycles. The number of aliphatic hydroxyl groups is 4. The van der Waals surface area contributed by atoms with E-state index in [4.69, 9.17) is 13.9 Å². The summed E-state index contributed by atoms with van der Waals surface area (Å²) >= 11 is 0. The molecule has 7 N–H and O–H groups in total. The molecule has 0 radical (unpaired) electrons. The summed E-state index contributed by atoms with van der Waals surface area (Å²) in [7, 11) is 0. The Morgan fingerprint density at radius 2 is 1.55 bits per heavy atom. The first kappa shape index (κ1) is 22.5. The number of ether oxygens (including phenoxy) is 2. The van der Waals surface area contributed by atoms with E-state index < -0.39 is 64.7 Å². The Hall–Kier alpha value is -3.68. The minimum atomic E-state index is -2.01. The second-order valence-electron chi connectivity index (χ2n) is 7.31. The number of hydrogen-bond acceptors (Lipinski definition) is 12. The fourth-order valence-electron chi connectivity index (χ4n) is 3.34. The van der Waals surface area contributed by atoms with Crippen molar-refractivity contribution < 1.29 is 54.4 Å². The third-order valence-electron chi connectivity index (χ3n) is 5.11.